The van der Waals surface area contributed by atoms with E-state index in [1.807, 2.05) is 25.1 Å². The minimum absolute atomic E-state index is 0.00332. The van der Waals surface area contributed by atoms with E-state index in [0.29, 0.717) is 49.4 Å². The molecule has 45 heavy (non-hydrogen) atoms. The van der Waals surface area contributed by atoms with E-state index in [1.54, 1.807) is 47.1 Å². The third-order valence-corrected chi connectivity index (χ3v) is 8.11. The average Bonchev–Trinajstić information content (AvgIpc) is 3.67. The van der Waals surface area contributed by atoms with Gasteiger partial charge in [-0.15, -0.1) is 0 Å². The van der Waals surface area contributed by atoms with Crippen LogP contribution < -0.4 is 16.0 Å². The topological polar surface area (TPSA) is 148 Å². The number of likely N-dealkylation sites (tertiary alicyclic amines) is 2. The standard InChI is InChI=1S/C34H38N6O5/c1-3-36-33(43)24-10-8-9-23(18-24)31(42)27(20-35)32(37-26-12-13-29-25(19-26)17-22(2)45-29)38-28-11-4-5-16-40(34(28)44)21-30(41)39-14-6-7-15-39/h8-10,12-13,17-19,28,37-38H,3-7,11,14-16,21H2,1-2H3,(H,36,43)/b32-27-/t28-/m0/s1. The summed E-state index contributed by atoms with van der Waals surface area (Å²) in [6.45, 7) is 5.93. The van der Waals surface area contributed by atoms with Crippen LogP contribution in [0.2, 0.25) is 0 Å². The first kappa shape index (κ1) is 31.3. The average molecular weight is 611 g/mol. The Morgan fingerprint density at radius 2 is 1.76 bits per heavy atom. The number of allylic oxidation sites excluding steroid dienone is 1. The van der Waals surface area contributed by atoms with Gasteiger partial charge in [0.2, 0.25) is 17.6 Å². The summed E-state index contributed by atoms with van der Waals surface area (Å²) >= 11 is 0. The van der Waals surface area contributed by atoms with E-state index in [9.17, 15) is 24.4 Å². The molecular weight excluding hydrogens is 572 g/mol. The van der Waals surface area contributed by atoms with Crippen molar-refractivity contribution in [3.63, 3.8) is 0 Å². The van der Waals surface area contributed by atoms with Crippen LogP contribution in [0.5, 0.6) is 0 Å². The zero-order chi connectivity index (χ0) is 31.9. The van der Waals surface area contributed by atoms with E-state index in [-0.39, 0.29) is 41.2 Å². The first-order valence-corrected chi connectivity index (χ1v) is 15.4. The van der Waals surface area contributed by atoms with Crippen LogP contribution >= 0.6 is 0 Å². The number of carbonyl (C=O) groups is 4. The van der Waals surface area contributed by atoms with Crippen molar-refractivity contribution in [1.82, 2.24) is 20.4 Å². The van der Waals surface area contributed by atoms with Gasteiger partial charge in [-0.2, -0.15) is 5.26 Å². The minimum Gasteiger partial charge on any atom is -0.461 e. The second-order valence-corrected chi connectivity index (χ2v) is 11.4. The van der Waals surface area contributed by atoms with E-state index < -0.39 is 11.8 Å². The molecule has 0 bridgehead atoms. The van der Waals surface area contributed by atoms with Crippen molar-refractivity contribution in [3.05, 3.63) is 76.8 Å². The normalized spacial score (nSPS) is 17.4. The maximum absolute atomic E-state index is 13.9. The number of carbonyl (C=O) groups excluding carboxylic acids is 4. The van der Waals surface area contributed by atoms with Crippen molar-refractivity contribution < 1.29 is 23.6 Å². The van der Waals surface area contributed by atoms with Crippen LogP contribution in [-0.4, -0.2) is 72.1 Å². The van der Waals surface area contributed by atoms with E-state index in [1.165, 1.54) is 6.07 Å². The van der Waals surface area contributed by atoms with Gasteiger partial charge in [0, 0.05) is 48.4 Å². The number of fused-ring (bicyclic) bond motifs is 1. The predicted molar refractivity (Wildman–Crippen MR) is 169 cm³/mol. The first-order valence-electron chi connectivity index (χ1n) is 15.4. The molecule has 1 atom stereocenters. The van der Waals surface area contributed by atoms with Crippen LogP contribution in [0, 0.1) is 18.3 Å². The molecule has 3 heterocycles. The Labute approximate surface area is 262 Å². The fraction of sp³-hybridized carbons (Fsp3) is 0.382. The van der Waals surface area contributed by atoms with Crippen LogP contribution in [0.3, 0.4) is 0 Å². The lowest BCUT2D eigenvalue weighted by atomic mass is 10.0. The number of rotatable bonds is 10. The maximum Gasteiger partial charge on any atom is 0.251 e. The molecule has 2 aromatic carbocycles. The molecule has 1 aromatic heterocycles. The third kappa shape index (κ3) is 7.34. The Hall–Kier alpha value is -5.11. The van der Waals surface area contributed by atoms with E-state index in [2.05, 4.69) is 16.0 Å². The highest BCUT2D eigenvalue weighted by Gasteiger charge is 2.32. The van der Waals surface area contributed by atoms with Gasteiger partial charge in [-0.1, -0.05) is 12.1 Å². The van der Waals surface area contributed by atoms with Crippen molar-refractivity contribution >= 4 is 40.2 Å². The monoisotopic (exact) mass is 610 g/mol. The Kier molecular flexibility index (Phi) is 9.82. The number of furan rings is 1. The number of hydrogen-bond acceptors (Lipinski definition) is 8. The number of benzene rings is 2. The fourth-order valence-electron chi connectivity index (χ4n) is 5.80. The summed E-state index contributed by atoms with van der Waals surface area (Å²) < 4.78 is 5.69. The molecule has 234 valence electrons. The SMILES string of the molecule is CCNC(=O)c1cccc(C(=O)/C(C#N)=C(/Nc2ccc3oc(C)cc3c2)N[C@H]2CCCCN(CC(=O)N3CCCC3)C2=O)c1. The molecule has 2 fully saturated rings. The minimum atomic E-state index is -0.779. The summed E-state index contributed by atoms with van der Waals surface area (Å²) in [4.78, 5) is 56.4. The van der Waals surface area contributed by atoms with Gasteiger partial charge in [0.25, 0.3) is 5.91 Å². The summed E-state index contributed by atoms with van der Waals surface area (Å²) in [6, 6.07) is 14.7. The zero-order valence-electron chi connectivity index (χ0n) is 25.7. The number of ketones is 1. The van der Waals surface area contributed by atoms with Crippen LogP contribution in [0.1, 0.15) is 65.5 Å². The second kappa shape index (κ2) is 14.1. The molecule has 3 amide bonds. The van der Waals surface area contributed by atoms with Gasteiger partial charge < -0.3 is 30.2 Å². The van der Waals surface area contributed by atoms with E-state index in [4.69, 9.17) is 4.42 Å². The number of aryl methyl sites for hydroxylation is 1. The number of anilines is 1. The first-order chi connectivity index (χ1) is 21.8. The number of hydrogen-bond donors (Lipinski definition) is 3. The molecule has 0 saturated carbocycles. The van der Waals surface area contributed by atoms with Gasteiger partial charge in [-0.25, -0.2) is 0 Å². The summed E-state index contributed by atoms with van der Waals surface area (Å²) in [6.07, 6.45) is 3.83. The third-order valence-electron chi connectivity index (χ3n) is 8.11. The molecule has 5 rings (SSSR count). The number of nitrogens with zero attached hydrogens (tertiary/aromatic N) is 3. The van der Waals surface area contributed by atoms with E-state index in [0.717, 1.165) is 36.8 Å². The molecule has 0 radical (unpaired) electrons. The number of Topliss-reactive ketones (excluding diaryl/α,β-unsaturated/α-hetero) is 1. The summed E-state index contributed by atoms with van der Waals surface area (Å²) in [5.74, 6) is -0.467. The Morgan fingerprint density at radius 3 is 2.51 bits per heavy atom. The molecular formula is C34H38N6O5. The molecule has 2 aliphatic rings. The van der Waals surface area contributed by atoms with Crippen molar-refractivity contribution in [2.75, 3.05) is 38.0 Å². The summed E-state index contributed by atoms with van der Waals surface area (Å²) in [7, 11) is 0. The van der Waals surface area contributed by atoms with E-state index >= 15 is 0 Å². The summed E-state index contributed by atoms with van der Waals surface area (Å²) in [5.41, 5.74) is 1.46. The fourth-order valence-corrected chi connectivity index (χ4v) is 5.80. The molecule has 0 unspecified atom stereocenters. The van der Waals surface area contributed by atoms with Crippen molar-refractivity contribution in [1.29, 1.82) is 5.26 Å². The van der Waals surface area contributed by atoms with Gasteiger partial charge >= 0.3 is 0 Å². The Balaban J connectivity index is 1.48. The molecule has 11 nitrogen and oxygen atoms in total. The molecule has 0 spiro atoms. The maximum atomic E-state index is 13.9. The quantitative estimate of drug-likeness (QED) is 0.177. The number of nitriles is 1. The van der Waals surface area contributed by atoms with Gasteiger partial charge in [-0.3, -0.25) is 19.2 Å². The lowest BCUT2D eigenvalue weighted by molar-refractivity contribution is -0.140. The van der Waals surface area contributed by atoms with Crippen LogP contribution in [0.4, 0.5) is 5.69 Å². The van der Waals surface area contributed by atoms with Crippen LogP contribution in [0.15, 0.2) is 64.3 Å². The highest BCUT2D eigenvalue weighted by molar-refractivity contribution is 6.13. The van der Waals surface area contributed by atoms with Gasteiger partial charge in [0.1, 0.15) is 34.8 Å². The van der Waals surface area contributed by atoms with Gasteiger partial charge in [0.05, 0.1) is 6.54 Å². The molecule has 0 aliphatic carbocycles. The van der Waals surface area contributed by atoms with Crippen molar-refractivity contribution in [2.45, 2.75) is 52.0 Å². The van der Waals surface area contributed by atoms with Crippen molar-refractivity contribution in [2.24, 2.45) is 0 Å². The second-order valence-electron chi connectivity index (χ2n) is 11.4. The summed E-state index contributed by atoms with van der Waals surface area (Å²) in [5, 5.41) is 20.3. The molecule has 3 N–H and O–H groups in total. The molecule has 11 heteroatoms. The van der Waals surface area contributed by atoms with Crippen LogP contribution in [0.25, 0.3) is 11.0 Å². The Bertz CT molecular complexity index is 1680. The largest absolute Gasteiger partial charge is 0.461 e. The number of nitrogens with one attached hydrogen (secondary N) is 3. The lowest BCUT2D eigenvalue weighted by Crippen LogP contribution is -2.49. The van der Waals surface area contributed by atoms with Crippen molar-refractivity contribution in [3.8, 4) is 6.07 Å². The lowest BCUT2D eigenvalue weighted by Gasteiger charge is -2.28. The molecule has 2 saturated heterocycles. The molecule has 2 aliphatic heterocycles. The smallest absolute Gasteiger partial charge is 0.251 e. The predicted octanol–water partition coefficient (Wildman–Crippen LogP) is 4.11. The Morgan fingerprint density at radius 1 is 1.00 bits per heavy atom. The van der Waals surface area contributed by atoms with Gasteiger partial charge in [0.15, 0.2) is 0 Å². The zero-order valence-corrected chi connectivity index (χ0v) is 25.7. The highest BCUT2D eigenvalue weighted by atomic mass is 16.3. The van der Waals surface area contributed by atoms with Gasteiger partial charge in [-0.05, 0) is 82.3 Å². The number of amides is 3. The molecule has 3 aromatic rings. The van der Waals surface area contributed by atoms with Crippen LogP contribution in [-0.2, 0) is 9.59 Å². The highest BCUT2D eigenvalue weighted by Crippen LogP contribution is 2.25.